The summed E-state index contributed by atoms with van der Waals surface area (Å²) in [5.41, 5.74) is 1.33. The molecule has 0 bridgehead atoms. The van der Waals surface area contributed by atoms with Gasteiger partial charge in [0.15, 0.2) is 0 Å². The molecule has 0 aromatic heterocycles. The molecule has 2 saturated heterocycles. The molecule has 158 valence electrons. The van der Waals surface area contributed by atoms with Gasteiger partial charge < -0.3 is 5.32 Å². The highest BCUT2D eigenvalue weighted by atomic mass is 35.5. The Morgan fingerprint density at radius 1 is 0.812 bits per heavy atom. The maximum absolute atomic E-state index is 13.8. The van der Waals surface area contributed by atoms with Gasteiger partial charge in [0.2, 0.25) is 17.7 Å². The van der Waals surface area contributed by atoms with Crippen molar-refractivity contribution in [2.24, 2.45) is 11.8 Å². The summed E-state index contributed by atoms with van der Waals surface area (Å²) in [6.45, 7) is 0. The number of nitrogens with zero attached hydrogens (tertiary/aromatic N) is 1. The summed E-state index contributed by atoms with van der Waals surface area (Å²) in [4.78, 5) is 42.2. The van der Waals surface area contributed by atoms with Crippen LogP contribution in [-0.4, -0.2) is 17.7 Å². The molecule has 2 N–H and O–H groups in total. The number of amides is 3. The molecule has 6 nitrogen and oxygen atoms in total. The van der Waals surface area contributed by atoms with Gasteiger partial charge in [0.25, 0.3) is 0 Å². The first-order valence-electron chi connectivity index (χ1n) is 10.4. The molecule has 3 aliphatic heterocycles. The summed E-state index contributed by atoms with van der Waals surface area (Å²) in [6.07, 6.45) is 0. The Morgan fingerprint density at radius 3 is 2.25 bits per heavy atom. The minimum Gasteiger partial charge on any atom is -0.324 e. The van der Waals surface area contributed by atoms with Crippen molar-refractivity contribution in [2.45, 2.75) is 11.6 Å². The SMILES string of the molecule is O=C1C2C(c3ccccc3)NC3(C(=O)Nc4ccccc43)C2C(=O)N1c1ccc(Cl)cc1. The van der Waals surface area contributed by atoms with Crippen LogP contribution in [-0.2, 0) is 19.9 Å². The van der Waals surface area contributed by atoms with Crippen LogP contribution in [0.2, 0.25) is 5.02 Å². The maximum Gasteiger partial charge on any atom is 0.250 e. The lowest BCUT2D eigenvalue weighted by Gasteiger charge is -2.29. The van der Waals surface area contributed by atoms with Gasteiger partial charge in [-0.05, 0) is 35.9 Å². The average Bonchev–Trinajstić information content (AvgIpc) is 3.40. The van der Waals surface area contributed by atoms with E-state index in [1.54, 1.807) is 24.3 Å². The predicted molar refractivity (Wildman–Crippen MR) is 120 cm³/mol. The average molecular weight is 444 g/mol. The van der Waals surface area contributed by atoms with Gasteiger partial charge in [0.1, 0.15) is 5.54 Å². The largest absolute Gasteiger partial charge is 0.324 e. The lowest BCUT2D eigenvalue weighted by atomic mass is 9.76. The van der Waals surface area contributed by atoms with Gasteiger partial charge >= 0.3 is 0 Å². The molecule has 7 heteroatoms. The van der Waals surface area contributed by atoms with Crippen molar-refractivity contribution in [3.05, 3.63) is 95.0 Å². The number of hydrogen-bond donors (Lipinski definition) is 2. The van der Waals surface area contributed by atoms with Gasteiger partial charge in [-0.25, -0.2) is 4.90 Å². The Kier molecular flexibility index (Phi) is 4.06. The predicted octanol–water partition coefficient (Wildman–Crippen LogP) is 3.64. The van der Waals surface area contributed by atoms with Crippen molar-refractivity contribution < 1.29 is 14.4 Å². The van der Waals surface area contributed by atoms with Gasteiger partial charge in [0, 0.05) is 22.3 Å². The Bertz CT molecular complexity index is 1280. The molecule has 0 saturated carbocycles. The first kappa shape index (κ1) is 19.2. The highest BCUT2D eigenvalue weighted by molar-refractivity contribution is 6.31. The molecule has 4 atom stereocenters. The Labute approximate surface area is 189 Å². The van der Waals surface area contributed by atoms with E-state index >= 15 is 0 Å². The lowest BCUT2D eigenvalue weighted by molar-refractivity contribution is -0.130. The van der Waals surface area contributed by atoms with E-state index in [2.05, 4.69) is 10.6 Å². The summed E-state index contributed by atoms with van der Waals surface area (Å²) in [5.74, 6) is -2.62. The zero-order chi connectivity index (χ0) is 22.0. The topological polar surface area (TPSA) is 78.5 Å². The molecule has 1 spiro atoms. The molecule has 3 aromatic carbocycles. The fourth-order valence-corrected chi connectivity index (χ4v) is 5.56. The summed E-state index contributed by atoms with van der Waals surface area (Å²) < 4.78 is 0. The third kappa shape index (κ3) is 2.42. The fourth-order valence-electron chi connectivity index (χ4n) is 5.43. The van der Waals surface area contributed by atoms with E-state index in [-0.39, 0.29) is 17.7 Å². The number of benzene rings is 3. The minimum atomic E-state index is -1.32. The number of para-hydroxylation sites is 1. The number of rotatable bonds is 2. The van der Waals surface area contributed by atoms with Crippen molar-refractivity contribution in [3.8, 4) is 0 Å². The lowest BCUT2D eigenvalue weighted by Crippen LogP contribution is -2.52. The number of carbonyl (C=O) groups is 3. The fraction of sp³-hybridized carbons (Fsp3) is 0.160. The highest BCUT2D eigenvalue weighted by Crippen LogP contribution is 2.56. The van der Waals surface area contributed by atoms with Crippen molar-refractivity contribution in [2.75, 3.05) is 10.2 Å². The zero-order valence-corrected chi connectivity index (χ0v) is 17.5. The molecule has 2 fully saturated rings. The maximum atomic E-state index is 13.8. The first-order chi connectivity index (χ1) is 15.5. The molecule has 32 heavy (non-hydrogen) atoms. The van der Waals surface area contributed by atoms with E-state index in [1.807, 2.05) is 54.6 Å². The van der Waals surface area contributed by atoms with Crippen LogP contribution < -0.4 is 15.5 Å². The first-order valence-corrected chi connectivity index (χ1v) is 10.8. The van der Waals surface area contributed by atoms with E-state index in [0.29, 0.717) is 22.0 Å². The van der Waals surface area contributed by atoms with Crippen molar-refractivity contribution in [3.63, 3.8) is 0 Å². The second kappa shape index (κ2) is 6.76. The summed E-state index contributed by atoms with van der Waals surface area (Å²) in [5, 5.41) is 6.85. The molecular formula is C25H18ClN3O3. The van der Waals surface area contributed by atoms with Crippen LogP contribution in [0, 0.1) is 11.8 Å². The van der Waals surface area contributed by atoms with Crippen LogP contribution in [0.3, 0.4) is 0 Å². The standard InChI is InChI=1S/C25H18ClN3O3/c26-15-10-12-16(13-11-15)29-22(30)19-20(23(29)31)25(28-21(19)14-6-2-1-3-7-14)17-8-4-5-9-18(17)27-24(25)32/h1-13,19-21,28H,(H,27,32). The van der Waals surface area contributed by atoms with Crippen LogP contribution in [0.4, 0.5) is 11.4 Å². The summed E-state index contributed by atoms with van der Waals surface area (Å²) in [7, 11) is 0. The third-order valence-electron chi connectivity index (χ3n) is 6.76. The van der Waals surface area contributed by atoms with Gasteiger partial charge in [-0.1, -0.05) is 60.1 Å². The van der Waals surface area contributed by atoms with E-state index in [0.717, 1.165) is 5.56 Å². The Balaban J connectivity index is 1.55. The number of nitrogens with one attached hydrogen (secondary N) is 2. The third-order valence-corrected chi connectivity index (χ3v) is 7.01. The van der Waals surface area contributed by atoms with Crippen LogP contribution >= 0.6 is 11.6 Å². The zero-order valence-electron chi connectivity index (χ0n) is 16.8. The summed E-state index contributed by atoms with van der Waals surface area (Å²) in [6, 6.07) is 22.9. The molecular weight excluding hydrogens is 426 g/mol. The van der Waals surface area contributed by atoms with Crippen LogP contribution in [0.15, 0.2) is 78.9 Å². The van der Waals surface area contributed by atoms with Gasteiger partial charge in [-0.15, -0.1) is 0 Å². The summed E-state index contributed by atoms with van der Waals surface area (Å²) >= 11 is 6.01. The second-order valence-electron chi connectivity index (χ2n) is 8.33. The molecule has 3 aliphatic rings. The normalized spacial score (nSPS) is 28.2. The Hall–Kier alpha value is -3.48. The molecule has 0 aliphatic carbocycles. The van der Waals surface area contributed by atoms with Crippen LogP contribution in [0.25, 0.3) is 0 Å². The van der Waals surface area contributed by atoms with Crippen LogP contribution in [0.5, 0.6) is 0 Å². The van der Waals surface area contributed by atoms with Gasteiger partial charge in [-0.3, -0.25) is 19.7 Å². The number of imide groups is 1. The number of anilines is 2. The van der Waals surface area contributed by atoms with Crippen molar-refractivity contribution in [1.29, 1.82) is 0 Å². The highest BCUT2D eigenvalue weighted by Gasteiger charge is 2.70. The van der Waals surface area contributed by atoms with E-state index < -0.39 is 23.4 Å². The van der Waals surface area contributed by atoms with E-state index in [4.69, 9.17) is 11.6 Å². The monoisotopic (exact) mass is 443 g/mol. The quantitative estimate of drug-likeness (QED) is 0.593. The molecule has 0 radical (unpaired) electrons. The van der Waals surface area contributed by atoms with Gasteiger partial charge in [0.05, 0.1) is 17.5 Å². The molecule has 4 unspecified atom stereocenters. The van der Waals surface area contributed by atoms with E-state index in [9.17, 15) is 14.4 Å². The molecule has 3 amide bonds. The molecule has 3 aromatic rings. The van der Waals surface area contributed by atoms with Gasteiger partial charge in [-0.2, -0.15) is 0 Å². The van der Waals surface area contributed by atoms with Crippen molar-refractivity contribution >= 4 is 40.7 Å². The number of halogens is 1. The van der Waals surface area contributed by atoms with E-state index in [1.165, 1.54) is 4.90 Å². The van der Waals surface area contributed by atoms with Crippen molar-refractivity contribution in [1.82, 2.24) is 5.32 Å². The number of fused-ring (bicyclic) bond motifs is 4. The van der Waals surface area contributed by atoms with Crippen LogP contribution in [0.1, 0.15) is 17.2 Å². The molecule has 3 heterocycles. The minimum absolute atomic E-state index is 0.314. The number of carbonyl (C=O) groups excluding carboxylic acids is 3. The number of hydrogen-bond acceptors (Lipinski definition) is 4. The second-order valence-corrected chi connectivity index (χ2v) is 8.77. The Morgan fingerprint density at radius 2 is 1.50 bits per heavy atom. The smallest absolute Gasteiger partial charge is 0.250 e. The molecule has 6 rings (SSSR count).